The number of benzene rings is 1. The fraction of sp³-hybridized carbons (Fsp3) is 0.125. The van der Waals surface area contributed by atoms with Crippen molar-refractivity contribution in [3.8, 4) is 0 Å². The van der Waals surface area contributed by atoms with E-state index in [9.17, 15) is 9.59 Å². The van der Waals surface area contributed by atoms with E-state index in [2.05, 4.69) is 20.6 Å². The largest absolute Gasteiger partial charge is 0.321 e. The number of rotatable bonds is 4. The van der Waals surface area contributed by atoms with Gasteiger partial charge in [0.2, 0.25) is 5.91 Å². The normalized spacial score (nSPS) is 10.5. The first kappa shape index (κ1) is 15.1. The Morgan fingerprint density at radius 3 is 2.78 bits per heavy atom. The van der Waals surface area contributed by atoms with Gasteiger partial charge in [-0.1, -0.05) is 24.3 Å². The Morgan fingerprint density at radius 2 is 2.04 bits per heavy atom. The van der Waals surface area contributed by atoms with E-state index in [0.717, 1.165) is 10.2 Å². The predicted molar refractivity (Wildman–Crippen MR) is 90.7 cm³/mol. The molecule has 2 amide bonds. The topological polar surface area (TPSA) is 84.0 Å². The summed E-state index contributed by atoms with van der Waals surface area (Å²) in [4.78, 5) is 31.9. The van der Waals surface area contributed by atoms with Gasteiger partial charge < -0.3 is 10.6 Å². The van der Waals surface area contributed by atoms with Crippen LogP contribution in [-0.2, 0) is 4.79 Å². The van der Waals surface area contributed by atoms with Gasteiger partial charge in [-0.2, -0.15) is 0 Å². The molecule has 0 saturated heterocycles. The van der Waals surface area contributed by atoms with E-state index in [1.165, 1.54) is 11.3 Å². The van der Waals surface area contributed by atoms with Gasteiger partial charge in [0.25, 0.3) is 5.91 Å². The number of amides is 2. The molecular weight excluding hydrogens is 312 g/mol. The van der Waals surface area contributed by atoms with Gasteiger partial charge in [0.1, 0.15) is 5.69 Å². The van der Waals surface area contributed by atoms with Gasteiger partial charge in [-0.15, -0.1) is 0 Å². The number of carbonyl (C=O) groups is 2. The highest BCUT2D eigenvalue weighted by Crippen LogP contribution is 2.28. The van der Waals surface area contributed by atoms with Crippen molar-refractivity contribution < 1.29 is 9.59 Å². The lowest BCUT2D eigenvalue weighted by Gasteiger charge is -2.04. The molecule has 23 heavy (non-hydrogen) atoms. The van der Waals surface area contributed by atoms with Gasteiger partial charge >= 0.3 is 0 Å². The SMILES string of the molecule is CCC(=O)Nc1nc2cc(NC(=O)c3ccccn3)ccc2s1. The van der Waals surface area contributed by atoms with Crippen molar-refractivity contribution in [1.82, 2.24) is 9.97 Å². The maximum Gasteiger partial charge on any atom is 0.274 e. The summed E-state index contributed by atoms with van der Waals surface area (Å²) in [6.45, 7) is 1.79. The van der Waals surface area contributed by atoms with Crippen molar-refractivity contribution in [2.45, 2.75) is 13.3 Å². The fourth-order valence-corrected chi connectivity index (χ4v) is 2.82. The maximum atomic E-state index is 12.1. The Morgan fingerprint density at radius 1 is 1.17 bits per heavy atom. The Bertz CT molecular complexity index is 861. The molecule has 7 heteroatoms. The van der Waals surface area contributed by atoms with Gasteiger partial charge in [0.05, 0.1) is 10.2 Å². The van der Waals surface area contributed by atoms with Gasteiger partial charge in [0, 0.05) is 18.3 Å². The van der Waals surface area contributed by atoms with Crippen LogP contribution < -0.4 is 10.6 Å². The van der Waals surface area contributed by atoms with Crippen LogP contribution in [0.5, 0.6) is 0 Å². The molecule has 1 aromatic carbocycles. The fourth-order valence-electron chi connectivity index (χ4n) is 1.96. The number of pyridine rings is 1. The maximum absolute atomic E-state index is 12.1. The summed E-state index contributed by atoms with van der Waals surface area (Å²) in [5.74, 6) is -0.354. The molecule has 116 valence electrons. The summed E-state index contributed by atoms with van der Waals surface area (Å²) >= 11 is 1.40. The van der Waals surface area contributed by atoms with Gasteiger partial charge in [-0.3, -0.25) is 14.6 Å². The van der Waals surface area contributed by atoms with Crippen molar-refractivity contribution in [2.75, 3.05) is 10.6 Å². The molecule has 0 aliphatic carbocycles. The Balaban J connectivity index is 1.80. The number of fused-ring (bicyclic) bond motifs is 1. The second-order valence-electron chi connectivity index (χ2n) is 4.77. The van der Waals surface area contributed by atoms with Crippen LogP contribution in [0.3, 0.4) is 0 Å². The molecule has 3 rings (SSSR count). The van der Waals surface area contributed by atoms with Crippen LogP contribution in [0.1, 0.15) is 23.8 Å². The number of anilines is 2. The molecule has 0 saturated carbocycles. The Hall–Kier alpha value is -2.80. The molecule has 2 N–H and O–H groups in total. The van der Waals surface area contributed by atoms with Crippen molar-refractivity contribution in [1.29, 1.82) is 0 Å². The van der Waals surface area contributed by atoms with Gasteiger partial charge in [0.15, 0.2) is 5.13 Å². The minimum absolute atomic E-state index is 0.0762. The molecule has 0 atom stereocenters. The van der Waals surface area contributed by atoms with E-state index in [0.29, 0.717) is 22.9 Å². The van der Waals surface area contributed by atoms with E-state index < -0.39 is 0 Å². The monoisotopic (exact) mass is 326 g/mol. The summed E-state index contributed by atoms with van der Waals surface area (Å²) in [5.41, 5.74) is 1.70. The number of thiazole rings is 1. The summed E-state index contributed by atoms with van der Waals surface area (Å²) in [7, 11) is 0. The van der Waals surface area contributed by atoms with E-state index in [1.807, 2.05) is 6.07 Å². The number of hydrogen-bond acceptors (Lipinski definition) is 5. The van der Waals surface area contributed by atoms with Crippen LogP contribution in [0.25, 0.3) is 10.2 Å². The third kappa shape index (κ3) is 3.51. The molecule has 0 radical (unpaired) electrons. The third-order valence-electron chi connectivity index (χ3n) is 3.11. The number of hydrogen-bond donors (Lipinski definition) is 2. The summed E-state index contributed by atoms with van der Waals surface area (Å²) < 4.78 is 0.937. The second-order valence-corrected chi connectivity index (χ2v) is 5.80. The van der Waals surface area contributed by atoms with Crippen LogP contribution in [0, 0.1) is 0 Å². The molecule has 0 fully saturated rings. The van der Waals surface area contributed by atoms with Gasteiger partial charge in [-0.05, 0) is 30.3 Å². The average Bonchev–Trinajstić information content (AvgIpc) is 2.96. The van der Waals surface area contributed by atoms with Gasteiger partial charge in [-0.25, -0.2) is 4.98 Å². The van der Waals surface area contributed by atoms with Crippen molar-refractivity contribution in [3.63, 3.8) is 0 Å². The lowest BCUT2D eigenvalue weighted by atomic mass is 10.2. The summed E-state index contributed by atoms with van der Waals surface area (Å²) in [5, 5.41) is 6.08. The third-order valence-corrected chi connectivity index (χ3v) is 4.06. The van der Waals surface area contributed by atoms with Crippen molar-refractivity contribution in [2.24, 2.45) is 0 Å². The highest BCUT2D eigenvalue weighted by Gasteiger charge is 2.10. The number of nitrogens with one attached hydrogen (secondary N) is 2. The minimum Gasteiger partial charge on any atom is -0.321 e. The lowest BCUT2D eigenvalue weighted by Crippen LogP contribution is -2.13. The van der Waals surface area contributed by atoms with Crippen LogP contribution >= 0.6 is 11.3 Å². The van der Waals surface area contributed by atoms with Crippen molar-refractivity contribution >= 4 is 44.2 Å². The van der Waals surface area contributed by atoms with Crippen LogP contribution in [-0.4, -0.2) is 21.8 Å². The highest BCUT2D eigenvalue weighted by molar-refractivity contribution is 7.22. The van der Waals surface area contributed by atoms with E-state index in [-0.39, 0.29) is 11.8 Å². The molecule has 0 bridgehead atoms. The molecule has 6 nitrogen and oxygen atoms in total. The predicted octanol–water partition coefficient (Wildman–Crippen LogP) is 3.29. The molecular formula is C16H14N4O2S. The molecule has 0 aliphatic rings. The number of carbonyl (C=O) groups excluding carboxylic acids is 2. The highest BCUT2D eigenvalue weighted by atomic mass is 32.1. The van der Waals surface area contributed by atoms with E-state index >= 15 is 0 Å². The van der Waals surface area contributed by atoms with Crippen LogP contribution in [0.4, 0.5) is 10.8 Å². The van der Waals surface area contributed by atoms with E-state index in [1.54, 1.807) is 43.5 Å². The zero-order valence-corrected chi connectivity index (χ0v) is 13.2. The molecule has 3 aromatic rings. The minimum atomic E-state index is -0.278. The summed E-state index contributed by atoms with van der Waals surface area (Å²) in [6.07, 6.45) is 1.97. The Kier molecular flexibility index (Phi) is 4.29. The Labute approximate surface area is 136 Å². The number of nitrogens with zero attached hydrogens (tertiary/aromatic N) is 2. The molecule has 0 unspecified atom stereocenters. The zero-order valence-electron chi connectivity index (χ0n) is 12.4. The van der Waals surface area contributed by atoms with E-state index in [4.69, 9.17) is 0 Å². The molecule has 2 aromatic heterocycles. The number of aromatic nitrogens is 2. The lowest BCUT2D eigenvalue weighted by molar-refractivity contribution is -0.115. The first-order chi connectivity index (χ1) is 11.2. The standard InChI is InChI=1S/C16H14N4O2S/c1-2-14(21)20-16-19-12-9-10(6-7-13(12)23-16)18-15(22)11-5-3-4-8-17-11/h3-9H,2H2,1H3,(H,18,22)(H,19,20,21). The first-order valence-electron chi connectivity index (χ1n) is 7.08. The quantitative estimate of drug-likeness (QED) is 0.770. The molecule has 0 aliphatic heterocycles. The molecule has 0 spiro atoms. The zero-order chi connectivity index (χ0) is 16.2. The summed E-state index contributed by atoms with van der Waals surface area (Å²) in [6, 6.07) is 10.6. The average molecular weight is 326 g/mol. The van der Waals surface area contributed by atoms with Crippen molar-refractivity contribution in [3.05, 3.63) is 48.3 Å². The first-order valence-corrected chi connectivity index (χ1v) is 7.90. The van der Waals surface area contributed by atoms with Crippen LogP contribution in [0.2, 0.25) is 0 Å². The van der Waals surface area contributed by atoms with Crippen LogP contribution in [0.15, 0.2) is 42.6 Å². The molecule has 2 heterocycles. The second kappa shape index (κ2) is 6.53. The smallest absolute Gasteiger partial charge is 0.274 e.